The Morgan fingerprint density at radius 3 is 2.84 bits per heavy atom. The van der Waals surface area contributed by atoms with Gasteiger partial charge >= 0.3 is 5.97 Å². The highest BCUT2D eigenvalue weighted by molar-refractivity contribution is 7.80. The Kier molecular flexibility index (Phi) is 6.20. The normalized spacial score (nSPS) is 18.2. The molecule has 0 aliphatic carbocycles. The molecule has 0 bridgehead atoms. The first kappa shape index (κ1) is 21.3. The summed E-state index contributed by atoms with van der Waals surface area (Å²) in [4.78, 5) is 18.3. The summed E-state index contributed by atoms with van der Waals surface area (Å²) >= 11 is 11.6. The van der Waals surface area contributed by atoms with Crippen molar-refractivity contribution >= 4 is 34.9 Å². The molecule has 1 fully saturated rings. The topological polar surface area (TPSA) is 59.4 Å². The molecule has 6 nitrogen and oxygen atoms in total. The number of hydrogen-bond donors (Lipinski definition) is 1. The van der Waals surface area contributed by atoms with Crippen LogP contribution in [0.25, 0.3) is 5.69 Å². The number of nitrogens with one attached hydrogen (secondary N) is 1. The minimum Gasteiger partial charge on any atom is -0.469 e. The van der Waals surface area contributed by atoms with Gasteiger partial charge in [-0.3, -0.25) is 9.78 Å². The number of pyridine rings is 1. The molecule has 3 aromatic rings. The number of carbonyl (C=O) groups is 1. The van der Waals surface area contributed by atoms with Crippen molar-refractivity contribution in [1.82, 2.24) is 19.8 Å². The fourth-order valence-corrected chi connectivity index (χ4v) is 4.29. The SMILES string of the molecule is COC(=O)CCN1C(=S)N[C@H](c2ccccn2)[C@H]1c1cccn1-c1ccc(F)c(Cl)c1. The van der Waals surface area contributed by atoms with Gasteiger partial charge in [0.1, 0.15) is 5.82 Å². The minimum absolute atomic E-state index is 0.0426. The molecule has 1 aliphatic rings. The quantitative estimate of drug-likeness (QED) is 0.441. The van der Waals surface area contributed by atoms with Crippen molar-refractivity contribution in [3.05, 3.63) is 83.2 Å². The van der Waals surface area contributed by atoms with Crippen LogP contribution in [0.1, 0.15) is 29.9 Å². The Hall–Kier alpha value is -2.97. The van der Waals surface area contributed by atoms with E-state index in [0.717, 1.165) is 17.1 Å². The van der Waals surface area contributed by atoms with Gasteiger partial charge in [-0.2, -0.15) is 0 Å². The van der Waals surface area contributed by atoms with Gasteiger partial charge in [0, 0.05) is 30.3 Å². The van der Waals surface area contributed by atoms with Crippen LogP contribution in [0.2, 0.25) is 5.02 Å². The van der Waals surface area contributed by atoms with Gasteiger partial charge in [-0.15, -0.1) is 0 Å². The Labute approximate surface area is 189 Å². The first-order chi connectivity index (χ1) is 15.0. The second-order valence-electron chi connectivity index (χ2n) is 7.05. The van der Waals surface area contributed by atoms with E-state index in [1.807, 2.05) is 46.0 Å². The number of aromatic nitrogens is 2. The molecule has 1 aliphatic heterocycles. The van der Waals surface area contributed by atoms with Gasteiger partial charge in [-0.25, -0.2) is 4.39 Å². The molecule has 1 aromatic carbocycles. The van der Waals surface area contributed by atoms with E-state index in [2.05, 4.69) is 10.3 Å². The van der Waals surface area contributed by atoms with Gasteiger partial charge < -0.3 is 19.5 Å². The predicted molar refractivity (Wildman–Crippen MR) is 120 cm³/mol. The lowest BCUT2D eigenvalue weighted by Gasteiger charge is -2.28. The second-order valence-corrected chi connectivity index (χ2v) is 7.84. The lowest BCUT2D eigenvalue weighted by Crippen LogP contribution is -2.32. The van der Waals surface area contributed by atoms with Crippen molar-refractivity contribution < 1.29 is 13.9 Å². The number of carbonyl (C=O) groups excluding carboxylic acids is 1. The van der Waals surface area contributed by atoms with Crippen LogP contribution in [-0.2, 0) is 9.53 Å². The van der Waals surface area contributed by atoms with E-state index in [-0.39, 0.29) is 29.5 Å². The predicted octanol–water partition coefficient (Wildman–Crippen LogP) is 4.20. The summed E-state index contributed by atoms with van der Waals surface area (Å²) in [6.07, 6.45) is 3.80. The molecule has 2 atom stereocenters. The van der Waals surface area contributed by atoms with E-state index in [4.69, 9.17) is 28.6 Å². The van der Waals surface area contributed by atoms with E-state index in [1.165, 1.54) is 13.2 Å². The van der Waals surface area contributed by atoms with Crippen molar-refractivity contribution in [2.75, 3.05) is 13.7 Å². The van der Waals surface area contributed by atoms with Crippen molar-refractivity contribution in [3.8, 4) is 5.69 Å². The number of hydrogen-bond acceptors (Lipinski definition) is 4. The standard InChI is InChI=1S/C22H20ClFN4O2S/c1-30-19(29)9-12-28-21(20(26-22(28)31)17-5-2-3-10-25-17)18-6-4-11-27(18)14-7-8-16(24)15(23)13-14/h2-8,10-11,13,20-21H,9,12H2,1H3,(H,26,31)/t20-,21-/m1/s1. The van der Waals surface area contributed by atoms with Gasteiger partial charge in [0.05, 0.1) is 36.3 Å². The first-order valence-corrected chi connectivity index (χ1v) is 10.5. The molecule has 0 saturated carbocycles. The average molecular weight is 459 g/mol. The molecule has 3 heterocycles. The van der Waals surface area contributed by atoms with Crippen LogP contribution in [0.4, 0.5) is 4.39 Å². The van der Waals surface area contributed by atoms with Crippen LogP contribution in [-0.4, -0.2) is 39.2 Å². The van der Waals surface area contributed by atoms with Crippen LogP contribution in [0.5, 0.6) is 0 Å². The first-order valence-electron chi connectivity index (χ1n) is 9.67. The fraction of sp³-hybridized carbons (Fsp3) is 0.227. The van der Waals surface area contributed by atoms with E-state index in [1.54, 1.807) is 18.3 Å². The highest BCUT2D eigenvalue weighted by atomic mass is 35.5. The summed E-state index contributed by atoms with van der Waals surface area (Å²) in [7, 11) is 1.36. The Bertz CT molecular complexity index is 1110. The van der Waals surface area contributed by atoms with Crippen molar-refractivity contribution in [1.29, 1.82) is 0 Å². The van der Waals surface area contributed by atoms with Gasteiger partial charge in [0.2, 0.25) is 0 Å². The maximum Gasteiger partial charge on any atom is 0.307 e. The van der Waals surface area contributed by atoms with E-state index < -0.39 is 5.82 Å². The third-order valence-corrected chi connectivity index (χ3v) is 5.89. The summed E-state index contributed by atoms with van der Waals surface area (Å²) in [6, 6.07) is 13.7. The van der Waals surface area contributed by atoms with Gasteiger partial charge in [-0.1, -0.05) is 17.7 Å². The summed E-state index contributed by atoms with van der Waals surface area (Å²) in [6.45, 7) is 0.377. The molecule has 0 unspecified atom stereocenters. The number of nitrogens with zero attached hydrogens (tertiary/aromatic N) is 3. The largest absolute Gasteiger partial charge is 0.469 e. The number of benzene rings is 1. The van der Waals surface area contributed by atoms with Crippen LogP contribution in [0, 0.1) is 5.82 Å². The highest BCUT2D eigenvalue weighted by Crippen LogP contribution is 2.39. The van der Waals surface area contributed by atoms with Crippen LogP contribution in [0.3, 0.4) is 0 Å². The van der Waals surface area contributed by atoms with Gasteiger partial charge in [-0.05, 0) is 54.7 Å². The smallest absolute Gasteiger partial charge is 0.307 e. The highest BCUT2D eigenvalue weighted by Gasteiger charge is 2.41. The van der Waals surface area contributed by atoms with Crippen molar-refractivity contribution in [3.63, 3.8) is 0 Å². The second kappa shape index (κ2) is 9.03. The number of thiocarbonyl (C=S) groups is 1. The molecule has 0 spiro atoms. The molecule has 1 saturated heterocycles. The van der Waals surface area contributed by atoms with Crippen LogP contribution < -0.4 is 5.32 Å². The molecule has 9 heteroatoms. The van der Waals surface area contributed by atoms with Crippen LogP contribution in [0.15, 0.2) is 60.9 Å². The maximum absolute atomic E-state index is 13.7. The van der Waals surface area contributed by atoms with Crippen molar-refractivity contribution in [2.45, 2.75) is 18.5 Å². The molecule has 4 rings (SSSR count). The number of halogens is 2. The van der Waals surface area contributed by atoms with E-state index in [9.17, 15) is 9.18 Å². The molecule has 31 heavy (non-hydrogen) atoms. The van der Waals surface area contributed by atoms with E-state index >= 15 is 0 Å². The zero-order valence-electron chi connectivity index (χ0n) is 16.7. The Morgan fingerprint density at radius 2 is 2.13 bits per heavy atom. The number of rotatable bonds is 6. The maximum atomic E-state index is 13.7. The third kappa shape index (κ3) is 4.26. The zero-order chi connectivity index (χ0) is 22.0. The average Bonchev–Trinajstić information content (AvgIpc) is 3.38. The molecule has 0 radical (unpaired) electrons. The van der Waals surface area contributed by atoms with Gasteiger partial charge in [0.25, 0.3) is 0 Å². The van der Waals surface area contributed by atoms with Crippen molar-refractivity contribution in [2.24, 2.45) is 0 Å². The number of methoxy groups -OCH3 is 1. The lowest BCUT2D eigenvalue weighted by molar-refractivity contribution is -0.140. The third-order valence-electron chi connectivity index (χ3n) is 5.25. The summed E-state index contributed by atoms with van der Waals surface area (Å²) in [5.41, 5.74) is 2.44. The Balaban J connectivity index is 1.77. The molecular formula is C22H20ClFN4O2S. The Morgan fingerprint density at radius 1 is 1.29 bits per heavy atom. The summed E-state index contributed by atoms with van der Waals surface area (Å²) in [5, 5.41) is 3.91. The molecular weight excluding hydrogens is 439 g/mol. The summed E-state index contributed by atoms with van der Waals surface area (Å²) in [5.74, 6) is -0.794. The molecule has 2 aromatic heterocycles. The fourth-order valence-electron chi connectivity index (χ4n) is 3.79. The monoisotopic (exact) mass is 458 g/mol. The van der Waals surface area contributed by atoms with E-state index in [0.29, 0.717) is 11.7 Å². The molecule has 160 valence electrons. The molecule has 1 N–H and O–H groups in total. The minimum atomic E-state index is -0.478. The lowest BCUT2D eigenvalue weighted by atomic mass is 10.0. The van der Waals surface area contributed by atoms with Gasteiger partial charge in [0.15, 0.2) is 5.11 Å². The summed E-state index contributed by atoms with van der Waals surface area (Å²) < 4.78 is 20.5. The van der Waals surface area contributed by atoms with Crippen LogP contribution >= 0.6 is 23.8 Å². The molecule has 0 amide bonds. The number of ether oxygens (including phenoxy) is 1. The zero-order valence-corrected chi connectivity index (χ0v) is 18.2. The number of esters is 1.